The van der Waals surface area contributed by atoms with E-state index in [1.807, 2.05) is 18.2 Å². The molecule has 1 aliphatic rings. The summed E-state index contributed by atoms with van der Waals surface area (Å²) in [6.45, 7) is 0.993. The van der Waals surface area contributed by atoms with Crippen LogP contribution in [0.1, 0.15) is 24.4 Å². The third-order valence-electron chi connectivity index (χ3n) is 3.13. The third-order valence-corrected chi connectivity index (χ3v) is 3.13. The molecule has 0 radical (unpaired) electrons. The number of halogens is 1. The van der Waals surface area contributed by atoms with Crippen LogP contribution in [0, 0.1) is 5.82 Å². The van der Waals surface area contributed by atoms with Crippen molar-refractivity contribution in [3.05, 3.63) is 35.8 Å². The average molecular weight is 204 g/mol. The van der Waals surface area contributed by atoms with Crippen molar-refractivity contribution in [1.29, 1.82) is 0 Å². The molecular weight excluding hydrogens is 191 g/mol. The quantitative estimate of drug-likeness (QED) is 0.734. The molecule has 2 nitrogen and oxygen atoms in total. The van der Waals surface area contributed by atoms with Gasteiger partial charge in [-0.1, -0.05) is 12.1 Å². The summed E-state index contributed by atoms with van der Waals surface area (Å²) in [6.07, 6.45) is 3.94. The van der Waals surface area contributed by atoms with E-state index in [1.54, 1.807) is 6.20 Å². The highest BCUT2D eigenvalue weighted by molar-refractivity contribution is 5.80. The summed E-state index contributed by atoms with van der Waals surface area (Å²) < 4.78 is 14.1. The van der Waals surface area contributed by atoms with Crippen LogP contribution in [0.15, 0.2) is 24.4 Å². The molecule has 0 amide bonds. The van der Waals surface area contributed by atoms with Gasteiger partial charge in [0.2, 0.25) is 0 Å². The lowest BCUT2D eigenvalue weighted by atomic mass is 10.0. The zero-order valence-corrected chi connectivity index (χ0v) is 8.39. The Hall–Kier alpha value is -1.35. The van der Waals surface area contributed by atoms with Gasteiger partial charge < -0.3 is 10.3 Å². The van der Waals surface area contributed by atoms with Gasteiger partial charge in [-0.3, -0.25) is 0 Å². The van der Waals surface area contributed by atoms with Crippen molar-refractivity contribution in [2.24, 2.45) is 0 Å². The van der Waals surface area contributed by atoms with Gasteiger partial charge >= 0.3 is 0 Å². The summed E-state index contributed by atoms with van der Waals surface area (Å²) in [6, 6.07) is 5.96. The molecule has 1 aliphatic heterocycles. The van der Waals surface area contributed by atoms with E-state index in [-0.39, 0.29) is 11.9 Å². The Labute approximate surface area is 87.5 Å². The summed E-state index contributed by atoms with van der Waals surface area (Å²) in [5, 5.41) is 4.26. The Morgan fingerprint density at radius 2 is 2.20 bits per heavy atom. The zero-order chi connectivity index (χ0) is 10.3. The predicted octanol–water partition coefficient (Wildman–Crippen LogP) is 2.73. The van der Waals surface area contributed by atoms with Crippen LogP contribution in [-0.2, 0) is 0 Å². The maximum Gasteiger partial charge on any atom is 0.151 e. The number of aromatic amines is 1. The Morgan fingerprint density at radius 3 is 3.00 bits per heavy atom. The molecule has 3 heteroatoms. The van der Waals surface area contributed by atoms with Crippen molar-refractivity contribution in [3.8, 4) is 0 Å². The molecule has 0 bridgehead atoms. The van der Waals surface area contributed by atoms with E-state index in [0.717, 1.165) is 30.3 Å². The van der Waals surface area contributed by atoms with Gasteiger partial charge in [-0.25, -0.2) is 4.39 Å². The molecule has 1 fully saturated rings. The van der Waals surface area contributed by atoms with Crippen molar-refractivity contribution in [2.75, 3.05) is 6.54 Å². The number of benzene rings is 1. The summed E-state index contributed by atoms with van der Waals surface area (Å²) in [4.78, 5) is 2.95. The Morgan fingerprint density at radius 1 is 1.27 bits per heavy atom. The van der Waals surface area contributed by atoms with Crippen LogP contribution in [-0.4, -0.2) is 11.5 Å². The highest BCUT2D eigenvalue weighted by Gasteiger charge is 2.20. The van der Waals surface area contributed by atoms with Crippen molar-refractivity contribution in [2.45, 2.75) is 18.9 Å². The monoisotopic (exact) mass is 204 g/mol. The van der Waals surface area contributed by atoms with Crippen LogP contribution in [0.25, 0.3) is 10.9 Å². The van der Waals surface area contributed by atoms with Gasteiger partial charge in [-0.2, -0.15) is 0 Å². The second-order valence-electron chi connectivity index (χ2n) is 4.06. The molecule has 2 heterocycles. The molecule has 1 aromatic carbocycles. The Kier molecular flexibility index (Phi) is 1.99. The van der Waals surface area contributed by atoms with Crippen molar-refractivity contribution in [3.63, 3.8) is 0 Å². The fourth-order valence-corrected chi connectivity index (χ4v) is 2.33. The molecule has 0 aliphatic carbocycles. The lowest BCUT2D eigenvalue weighted by Crippen LogP contribution is -2.14. The van der Waals surface area contributed by atoms with Crippen molar-refractivity contribution >= 4 is 10.9 Å². The lowest BCUT2D eigenvalue weighted by molar-refractivity contribution is 0.565. The van der Waals surface area contributed by atoms with Gasteiger partial charge in [0.05, 0.1) is 5.52 Å². The smallest absolute Gasteiger partial charge is 0.151 e. The van der Waals surface area contributed by atoms with Gasteiger partial charge in [0.1, 0.15) is 0 Å². The number of aromatic nitrogens is 1. The van der Waals surface area contributed by atoms with Gasteiger partial charge in [0.25, 0.3) is 0 Å². The number of H-pyrrole nitrogens is 1. The highest BCUT2D eigenvalue weighted by atomic mass is 19.1. The second-order valence-corrected chi connectivity index (χ2v) is 4.06. The first kappa shape index (κ1) is 8.92. The minimum Gasteiger partial charge on any atom is -0.359 e. The molecular formula is C12H13FN2. The molecule has 3 rings (SSSR count). The largest absolute Gasteiger partial charge is 0.359 e. The van der Waals surface area contributed by atoms with Gasteiger partial charge in [-0.05, 0) is 25.5 Å². The number of fused-ring (bicyclic) bond motifs is 1. The summed E-state index contributed by atoms with van der Waals surface area (Å²) >= 11 is 0. The second kappa shape index (κ2) is 3.35. The molecule has 2 N–H and O–H groups in total. The van der Waals surface area contributed by atoms with Crippen molar-refractivity contribution < 1.29 is 4.39 Å². The average Bonchev–Trinajstić information content (AvgIpc) is 2.87. The topological polar surface area (TPSA) is 27.8 Å². The van der Waals surface area contributed by atoms with E-state index in [4.69, 9.17) is 0 Å². The van der Waals surface area contributed by atoms with Gasteiger partial charge in [-0.15, -0.1) is 0 Å². The van der Waals surface area contributed by atoms with E-state index in [1.165, 1.54) is 0 Å². The van der Waals surface area contributed by atoms with E-state index in [2.05, 4.69) is 10.3 Å². The minimum absolute atomic E-state index is 0.100. The fraction of sp³-hybridized carbons (Fsp3) is 0.333. The molecule has 1 aromatic heterocycles. The van der Waals surface area contributed by atoms with Gasteiger partial charge in [0.15, 0.2) is 5.82 Å². The Balaban J connectivity index is 2.13. The van der Waals surface area contributed by atoms with Crippen LogP contribution in [0.2, 0.25) is 0 Å². The van der Waals surface area contributed by atoms with Crippen LogP contribution < -0.4 is 5.32 Å². The summed E-state index contributed by atoms with van der Waals surface area (Å²) in [7, 11) is 0. The van der Waals surface area contributed by atoms with E-state index in [9.17, 15) is 4.39 Å². The van der Waals surface area contributed by atoms with Crippen LogP contribution in [0.3, 0.4) is 0 Å². The first-order valence-electron chi connectivity index (χ1n) is 5.35. The van der Waals surface area contributed by atoms with Gasteiger partial charge in [0, 0.05) is 23.2 Å². The normalized spacial score (nSPS) is 21.3. The molecule has 1 atom stereocenters. The van der Waals surface area contributed by atoms with E-state index >= 15 is 0 Å². The standard InChI is InChI=1S/C12H13FN2/c13-11-9(10-2-1-6-14-10)4-3-8-5-7-15-12(8)11/h3-5,7,10,14-15H,1-2,6H2. The Bertz CT molecular complexity index is 483. The van der Waals surface area contributed by atoms with Crippen LogP contribution >= 0.6 is 0 Å². The van der Waals surface area contributed by atoms with E-state index in [0.29, 0.717) is 5.52 Å². The molecule has 78 valence electrons. The van der Waals surface area contributed by atoms with Crippen LogP contribution in [0.5, 0.6) is 0 Å². The molecule has 1 unspecified atom stereocenters. The summed E-state index contributed by atoms with van der Waals surface area (Å²) in [5.41, 5.74) is 1.42. The molecule has 0 spiro atoms. The SMILES string of the molecule is Fc1c(C2CCCN2)ccc2cc[nH]c12. The number of hydrogen-bond acceptors (Lipinski definition) is 1. The zero-order valence-electron chi connectivity index (χ0n) is 8.39. The maximum atomic E-state index is 14.1. The fourth-order valence-electron chi connectivity index (χ4n) is 2.33. The predicted molar refractivity (Wildman–Crippen MR) is 58.2 cm³/mol. The maximum absolute atomic E-state index is 14.1. The number of hydrogen-bond donors (Lipinski definition) is 2. The summed E-state index contributed by atoms with van der Waals surface area (Å²) in [5.74, 6) is -0.100. The molecule has 15 heavy (non-hydrogen) atoms. The number of rotatable bonds is 1. The van der Waals surface area contributed by atoms with E-state index < -0.39 is 0 Å². The number of nitrogens with one attached hydrogen (secondary N) is 2. The third kappa shape index (κ3) is 1.35. The first-order valence-corrected chi connectivity index (χ1v) is 5.35. The minimum atomic E-state index is -0.100. The first-order chi connectivity index (χ1) is 7.36. The van der Waals surface area contributed by atoms with Crippen molar-refractivity contribution in [1.82, 2.24) is 10.3 Å². The highest BCUT2D eigenvalue weighted by Crippen LogP contribution is 2.29. The molecule has 0 saturated carbocycles. The lowest BCUT2D eigenvalue weighted by Gasteiger charge is -2.11. The molecule has 1 saturated heterocycles. The van der Waals surface area contributed by atoms with Crippen LogP contribution in [0.4, 0.5) is 4.39 Å². The molecule has 2 aromatic rings.